The van der Waals surface area contributed by atoms with Crippen molar-refractivity contribution in [2.75, 3.05) is 24.7 Å². The molecule has 134 valence electrons. The van der Waals surface area contributed by atoms with Crippen molar-refractivity contribution in [1.82, 2.24) is 15.1 Å². The topological polar surface area (TPSA) is 93.1 Å². The number of carbonyl (C=O) groups excluding carboxylic acids is 1. The van der Waals surface area contributed by atoms with Gasteiger partial charge in [0.1, 0.15) is 0 Å². The second-order valence-electron chi connectivity index (χ2n) is 6.38. The molecule has 0 saturated carbocycles. The molecule has 1 aromatic carbocycles. The fourth-order valence-corrected chi connectivity index (χ4v) is 4.46. The van der Waals surface area contributed by atoms with E-state index in [9.17, 15) is 13.2 Å². The molecular weight excluding hydrogens is 340 g/mol. The summed E-state index contributed by atoms with van der Waals surface area (Å²) in [5.74, 6) is -0.476. The van der Waals surface area contributed by atoms with Crippen molar-refractivity contribution in [1.29, 1.82) is 0 Å². The summed E-state index contributed by atoms with van der Waals surface area (Å²) in [4.78, 5) is 12.7. The Labute approximate surface area is 147 Å². The first-order chi connectivity index (χ1) is 11.9. The molecule has 0 aliphatic carbocycles. The molecule has 7 nitrogen and oxygen atoms in total. The van der Waals surface area contributed by atoms with Gasteiger partial charge in [0.2, 0.25) is 5.91 Å². The third kappa shape index (κ3) is 3.74. The first-order valence-corrected chi connectivity index (χ1v) is 10.1. The number of amides is 1. The molecule has 0 bridgehead atoms. The van der Waals surface area contributed by atoms with Gasteiger partial charge in [-0.05, 0) is 31.5 Å². The Morgan fingerprint density at radius 2 is 1.96 bits per heavy atom. The number of rotatable bonds is 5. The summed E-state index contributed by atoms with van der Waals surface area (Å²) in [5, 5.41) is 10.1. The lowest BCUT2D eigenvalue weighted by Crippen LogP contribution is -2.55. The van der Waals surface area contributed by atoms with Crippen LogP contribution in [0.2, 0.25) is 0 Å². The maximum Gasteiger partial charge on any atom is 0.246 e. The molecule has 2 aromatic rings. The molecule has 1 aromatic heterocycles. The fourth-order valence-electron chi connectivity index (χ4n) is 3.13. The molecule has 0 atom stereocenters. The van der Waals surface area contributed by atoms with Crippen LogP contribution in [0, 0.1) is 0 Å². The van der Waals surface area contributed by atoms with Gasteiger partial charge in [0.15, 0.2) is 14.6 Å². The van der Waals surface area contributed by atoms with Crippen LogP contribution in [0.25, 0.3) is 0 Å². The number of benzene rings is 1. The summed E-state index contributed by atoms with van der Waals surface area (Å²) in [6, 6.07) is 9.84. The number of hydrogen-bond donors (Lipinski definition) is 2. The van der Waals surface area contributed by atoms with Crippen molar-refractivity contribution < 1.29 is 13.2 Å². The molecule has 0 unspecified atom stereocenters. The van der Waals surface area contributed by atoms with Crippen LogP contribution in [0.4, 0.5) is 5.69 Å². The average molecular weight is 362 g/mol. The average Bonchev–Trinajstić information content (AvgIpc) is 3.02. The molecule has 1 saturated heterocycles. The zero-order valence-electron chi connectivity index (χ0n) is 14.1. The lowest BCUT2D eigenvalue weighted by molar-refractivity contribution is -0.119. The Morgan fingerprint density at radius 1 is 1.28 bits per heavy atom. The van der Waals surface area contributed by atoms with Crippen LogP contribution in [0.3, 0.4) is 0 Å². The normalized spacial score (nSPS) is 17.2. The molecule has 0 spiro atoms. The molecule has 2 heterocycles. The van der Waals surface area contributed by atoms with Crippen molar-refractivity contribution in [2.24, 2.45) is 0 Å². The van der Waals surface area contributed by atoms with Crippen LogP contribution < -0.4 is 10.6 Å². The van der Waals surface area contributed by atoms with Gasteiger partial charge >= 0.3 is 0 Å². The number of anilines is 1. The number of sulfone groups is 1. The Hall–Kier alpha value is -2.19. The van der Waals surface area contributed by atoms with Crippen molar-refractivity contribution in [2.45, 2.75) is 24.1 Å². The monoisotopic (exact) mass is 362 g/mol. The number of piperidine rings is 1. The Kier molecular flexibility index (Phi) is 4.91. The SMILES string of the molecule is CS(=O)(=O)C1(C(=O)Nc2cnn(Cc3ccccc3)c2)CCNCC1. The highest BCUT2D eigenvalue weighted by Gasteiger charge is 2.48. The zero-order valence-corrected chi connectivity index (χ0v) is 14.9. The van der Waals surface area contributed by atoms with Crippen LogP contribution in [0.1, 0.15) is 18.4 Å². The Balaban J connectivity index is 1.74. The van der Waals surface area contributed by atoms with Crippen LogP contribution in [0.15, 0.2) is 42.7 Å². The van der Waals surface area contributed by atoms with Gasteiger partial charge in [0.25, 0.3) is 0 Å². The maximum atomic E-state index is 12.7. The molecule has 3 rings (SSSR count). The third-order valence-corrected chi connectivity index (χ3v) is 6.63. The quantitative estimate of drug-likeness (QED) is 0.829. The Morgan fingerprint density at radius 3 is 2.60 bits per heavy atom. The Bertz CT molecular complexity index is 840. The third-order valence-electron chi connectivity index (χ3n) is 4.61. The number of nitrogens with zero attached hydrogens (tertiary/aromatic N) is 2. The molecule has 1 fully saturated rings. The van der Waals surface area contributed by atoms with Gasteiger partial charge in [-0.2, -0.15) is 5.10 Å². The summed E-state index contributed by atoms with van der Waals surface area (Å²) in [6.07, 6.45) is 4.93. The summed E-state index contributed by atoms with van der Waals surface area (Å²) < 4.78 is 24.9. The number of nitrogens with one attached hydrogen (secondary N) is 2. The first-order valence-electron chi connectivity index (χ1n) is 8.19. The molecule has 0 radical (unpaired) electrons. The van der Waals surface area contributed by atoms with Gasteiger partial charge in [-0.15, -0.1) is 0 Å². The van der Waals surface area contributed by atoms with Crippen molar-refractivity contribution in [3.05, 3.63) is 48.3 Å². The van der Waals surface area contributed by atoms with Gasteiger partial charge in [0.05, 0.1) is 18.4 Å². The number of carbonyl (C=O) groups is 1. The molecule has 25 heavy (non-hydrogen) atoms. The van der Waals surface area contributed by atoms with Crippen LogP contribution in [-0.4, -0.2) is 48.2 Å². The van der Waals surface area contributed by atoms with Crippen molar-refractivity contribution in [3.63, 3.8) is 0 Å². The molecule has 2 N–H and O–H groups in total. The van der Waals surface area contributed by atoms with E-state index >= 15 is 0 Å². The minimum absolute atomic E-state index is 0.274. The highest BCUT2D eigenvalue weighted by Crippen LogP contribution is 2.29. The summed E-state index contributed by atoms with van der Waals surface area (Å²) in [6.45, 7) is 1.60. The van der Waals surface area contributed by atoms with Crippen molar-refractivity contribution >= 4 is 21.4 Å². The van der Waals surface area contributed by atoms with Gasteiger partial charge in [-0.1, -0.05) is 30.3 Å². The highest BCUT2D eigenvalue weighted by molar-refractivity contribution is 7.92. The smallest absolute Gasteiger partial charge is 0.246 e. The van der Waals surface area contributed by atoms with E-state index in [1.54, 1.807) is 10.9 Å². The predicted molar refractivity (Wildman–Crippen MR) is 96.1 cm³/mol. The lowest BCUT2D eigenvalue weighted by atomic mass is 9.96. The molecule has 1 amide bonds. The van der Waals surface area contributed by atoms with E-state index in [0.29, 0.717) is 25.3 Å². The van der Waals surface area contributed by atoms with Crippen molar-refractivity contribution in [3.8, 4) is 0 Å². The van der Waals surface area contributed by atoms with E-state index in [-0.39, 0.29) is 12.8 Å². The van der Waals surface area contributed by atoms with Crippen LogP contribution in [0.5, 0.6) is 0 Å². The molecule has 1 aliphatic heterocycles. The summed E-state index contributed by atoms with van der Waals surface area (Å²) in [7, 11) is -3.53. The minimum atomic E-state index is -3.53. The van der Waals surface area contributed by atoms with E-state index in [1.807, 2.05) is 30.3 Å². The summed E-state index contributed by atoms with van der Waals surface area (Å²) in [5.41, 5.74) is 1.59. The second kappa shape index (κ2) is 6.97. The number of aromatic nitrogens is 2. The minimum Gasteiger partial charge on any atom is -0.322 e. The largest absolute Gasteiger partial charge is 0.322 e. The maximum absolute atomic E-state index is 12.7. The van der Waals surface area contributed by atoms with Gasteiger partial charge in [-0.25, -0.2) is 8.42 Å². The van der Waals surface area contributed by atoms with Crippen LogP contribution >= 0.6 is 0 Å². The lowest BCUT2D eigenvalue weighted by Gasteiger charge is -2.34. The predicted octanol–water partition coefficient (Wildman–Crippen LogP) is 1.04. The van der Waals surface area contributed by atoms with Gasteiger partial charge in [0, 0.05) is 12.5 Å². The highest BCUT2D eigenvalue weighted by atomic mass is 32.2. The van der Waals surface area contributed by atoms with E-state index in [1.165, 1.54) is 6.20 Å². The van der Waals surface area contributed by atoms with Gasteiger partial charge in [-0.3, -0.25) is 9.48 Å². The van der Waals surface area contributed by atoms with E-state index in [0.717, 1.165) is 11.8 Å². The van der Waals surface area contributed by atoms with Crippen LogP contribution in [-0.2, 0) is 21.2 Å². The molecule has 8 heteroatoms. The zero-order chi connectivity index (χ0) is 17.9. The van der Waals surface area contributed by atoms with E-state index < -0.39 is 20.5 Å². The van der Waals surface area contributed by atoms with E-state index in [4.69, 9.17) is 0 Å². The fraction of sp³-hybridized carbons (Fsp3) is 0.412. The number of hydrogen-bond acceptors (Lipinski definition) is 5. The first kappa shape index (κ1) is 17.6. The second-order valence-corrected chi connectivity index (χ2v) is 8.71. The summed E-state index contributed by atoms with van der Waals surface area (Å²) >= 11 is 0. The standard InChI is InChI=1S/C17H22N4O3S/c1-25(23,24)17(7-9-18-10-8-17)16(22)20-15-11-19-21(13-15)12-14-5-3-2-4-6-14/h2-6,11,13,18H,7-10,12H2,1H3,(H,20,22). The molecule has 1 aliphatic rings. The van der Waals surface area contributed by atoms with E-state index in [2.05, 4.69) is 15.7 Å². The molecular formula is C17H22N4O3S. The van der Waals surface area contributed by atoms with Gasteiger partial charge < -0.3 is 10.6 Å².